The summed E-state index contributed by atoms with van der Waals surface area (Å²) in [4.78, 5) is 0. The predicted octanol–water partition coefficient (Wildman–Crippen LogP) is 6.24. The van der Waals surface area contributed by atoms with Crippen LogP contribution in [0.25, 0.3) is 0 Å². The molecular formula is C17H31. The van der Waals surface area contributed by atoms with Crippen LogP contribution < -0.4 is 0 Å². The van der Waals surface area contributed by atoms with Crippen LogP contribution in [-0.4, -0.2) is 0 Å². The second kappa shape index (κ2) is 15.5. The maximum absolute atomic E-state index is 3.84. The summed E-state index contributed by atoms with van der Waals surface area (Å²) in [6.07, 6.45) is 23.4. The molecule has 0 nitrogen and oxygen atoms in total. The van der Waals surface area contributed by atoms with Gasteiger partial charge in [-0.1, -0.05) is 57.4 Å². The topological polar surface area (TPSA) is 0 Å². The largest absolute Gasteiger partial charge is 0.0885 e. The minimum atomic E-state index is 1.06. The van der Waals surface area contributed by atoms with Gasteiger partial charge in [0.05, 0.1) is 0 Å². The van der Waals surface area contributed by atoms with Crippen molar-refractivity contribution in [2.45, 2.75) is 77.6 Å². The molecule has 0 aromatic carbocycles. The molecule has 17 heavy (non-hydrogen) atoms. The first-order chi connectivity index (χ1) is 8.41. The Balaban J connectivity index is 3.09. The fourth-order valence-electron chi connectivity index (χ4n) is 1.77. The average molecular weight is 235 g/mol. The fraction of sp³-hybridized carbons (Fsp3) is 0.706. The number of allylic oxidation sites excluding steroid dienone is 4. The van der Waals surface area contributed by atoms with Gasteiger partial charge >= 0.3 is 0 Å². The summed E-state index contributed by atoms with van der Waals surface area (Å²) >= 11 is 0. The summed E-state index contributed by atoms with van der Waals surface area (Å²) in [5, 5.41) is 0. The highest BCUT2D eigenvalue weighted by molar-refractivity contribution is 4.83. The molecule has 0 saturated heterocycles. The predicted molar refractivity (Wildman–Crippen MR) is 80.1 cm³/mol. The van der Waals surface area contributed by atoms with Gasteiger partial charge in [-0.2, -0.15) is 0 Å². The first-order valence-electron chi connectivity index (χ1n) is 7.51. The number of rotatable bonds is 12. The van der Waals surface area contributed by atoms with Crippen molar-refractivity contribution in [3.63, 3.8) is 0 Å². The van der Waals surface area contributed by atoms with Gasteiger partial charge in [-0.05, 0) is 51.4 Å². The Hall–Kier alpha value is -0.520. The van der Waals surface area contributed by atoms with Crippen molar-refractivity contribution in [1.29, 1.82) is 0 Å². The van der Waals surface area contributed by atoms with E-state index in [0.29, 0.717) is 0 Å². The third kappa shape index (κ3) is 15.5. The summed E-state index contributed by atoms with van der Waals surface area (Å²) in [7, 11) is 0. The smallest absolute Gasteiger partial charge is 0.0351 e. The molecule has 0 rings (SSSR count). The summed E-state index contributed by atoms with van der Waals surface area (Å²) in [5.41, 5.74) is 0. The van der Waals surface area contributed by atoms with Gasteiger partial charge in [0.15, 0.2) is 0 Å². The summed E-state index contributed by atoms with van der Waals surface area (Å²) in [6.45, 7) is 6.10. The van der Waals surface area contributed by atoms with Gasteiger partial charge in [0.25, 0.3) is 0 Å². The van der Waals surface area contributed by atoms with Crippen molar-refractivity contribution in [1.82, 2.24) is 0 Å². The molecule has 0 aliphatic rings. The van der Waals surface area contributed by atoms with E-state index in [1.807, 2.05) is 0 Å². The van der Waals surface area contributed by atoms with Crippen LogP contribution in [0.15, 0.2) is 24.3 Å². The molecule has 0 unspecified atom stereocenters. The van der Waals surface area contributed by atoms with E-state index in [1.54, 1.807) is 0 Å². The van der Waals surface area contributed by atoms with E-state index in [9.17, 15) is 0 Å². The molecule has 0 bridgehead atoms. The zero-order chi connectivity index (χ0) is 12.6. The fourth-order valence-corrected chi connectivity index (χ4v) is 1.77. The monoisotopic (exact) mass is 235 g/mol. The lowest BCUT2D eigenvalue weighted by molar-refractivity contribution is 0.723. The van der Waals surface area contributed by atoms with Gasteiger partial charge < -0.3 is 0 Å². The zero-order valence-electron chi connectivity index (χ0n) is 11.8. The molecule has 1 radical (unpaired) electrons. The summed E-state index contributed by atoms with van der Waals surface area (Å²) < 4.78 is 0. The average Bonchev–Trinajstić information content (AvgIpc) is 2.35. The van der Waals surface area contributed by atoms with E-state index in [1.165, 1.54) is 64.2 Å². The minimum Gasteiger partial charge on any atom is -0.0885 e. The maximum Gasteiger partial charge on any atom is -0.0351 e. The standard InChI is InChI=1S/C17H31/c1-3-5-7-9-11-13-15-17-16-14-12-10-8-6-4-2/h9,11-12,14H,1,3-8,10,13,15-17H2,2H3/b11-9+,14-12+. The lowest BCUT2D eigenvalue weighted by atomic mass is 10.1. The van der Waals surface area contributed by atoms with E-state index < -0.39 is 0 Å². The maximum atomic E-state index is 3.84. The molecule has 0 atom stereocenters. The van der Waals surface area contributed by atoms with Gasteiger partial charge in [0.2, 0.25) is 0 Å². The van der Waals surface area contributed by atoms with Gasteiger partial charge in [0, 0.05) is 0 Å². The van der Waals surface area contributed by atoms with E-state index in [0.717, 1.165) is 6.42 Å². The molecule has 0 aromatic rings. The lowest BCUT2D eigenvalue weighted by Crippen LogP contribution is -1.74. The first-order valence-corrected chi connectivity index (χ1v) is 7.51. The van der Waals surface area contributed by atoms with Gasteiger partial charge in [-0.25, -0.2) is 0 Å². The lowest BCUT2D eigenvalue weighted by Gasteiger charge is -1.94. The quantitative estimate of drug-likeness (QED) is 0.277. The van der Waals surface area contributed by atoms with Gasteiger partial charge in [-0.3, -0.25) is 0 Å². The van der Waals surface area contributed by atoms with E-state index in [-0.39, 0.29) is 0 Å². The molecule has 0 spiro atoms. The van der Waals surface area contributed by atoms with Crippen molar-refractivity contribution >= 4 is 0 Å². The molecular weight excluding hydrogens is 204 g/mol. The van der Waals surface area contributed by atoms with Crippen molar-refractivity contribution in [3.05, 3.63) is 31.2 Å². The van der Waals surface area contributed by atoms with Crippen molar-refractivity contribution < 1.29 is 0 Å². The number of unbranched alkanes of at least 4 members (excludes halogenated alkanes) is 8. The molecule has 0 amide bonds. The molecule has 99 valence electrons. The van der Waals surface area contributed by atoms with Crippen LogP contribution >= 0.6 is 0 Å². The second-order valence-corrected chi connectivity index (χ2v) is 4.72. The SMILES string of the molecule is [CH2]CCC/C=C/CCCC/C=C/CCCCC. The Bertz CT molecular complexity index is 176. The molecule has 0 saturated carbocycles. The highest BCUT2D eigenvalue weighted by atomic mass is 13.9. The molecule has 0 fully saturated rings. The van der Waals surface area contributed by atoms with E-state index in [2.05, 4.69) is 38.2 Å². The van der Waals surface area contributed by atoms with Crippen LogP contribution in [-0.2, 0) is 0 Å². The zero-order valence-corrected chi connectivity index (χ0v) is 11.8. The van der Waals surface area contributed by atoms with Crippen LogP contribution in [0.1, 0.15) is 77.6 Å². The highest BCUT2D eigenvalue weighted by Crippen LogP contribution is 2.05. The van der Waals surface area contributed by atoms with Gasteiger partial charge in [0.1, 0.15) is 0 Å². The Kier molecular flexibility index (Phi) is 15.0. The highest BCUT2D eigenvalue weighted by Gasteiger charge is 1.85. The van der Waals surface area contributed by atoms with Crippen LogP contribution in [0.3, 0.4) is 0 Å². The van der Waals surface area contributed by atoms with Crippen LogP contribution in [0.4, 0.5) is 0 Å². The normalized spacial score (nSPS) is 11.9. The molecule has 0 N–H and O–H groups in total. The molecule has 0 aliphatic carbocycles. The Morgan fingerprint density at radius 1 is 0.647 bits per heavy atom. The third-order valence-electron chi connectivity index (χ3n) is 2.92. The van der Waals surface area contributed by atoms with Gasteiger partial charge in [-0.15, -0.1) is 0 Å². The van der Waals surface area contributed by atoms with Crippen LogP contribution in [0.5, 0.6) is 0 Å². The minimum absolute atomic E-state index is 1.06. The Morgan fingerprint density at radius 3 is 1.47 bits per heavy atom. The molecule has 0 aromatic heterocycles. The molecule has 0 heterocycles. The summed E-state index contributed by atoms with van der Waals surface area (Å²) in [6, 6.07) is 0. The first kappa shape index (κ1) is 16.5. The Morgan fingerprint density at radius 2 is 1.06 bits per heavy atom. The van der Waals surface area contributed by atoms with Crippen molar-refractivity contribution in [2.24, 2.45) is 0 Å². The number of hydrogen-bond donors (Lipinski definition) is 0. The van der Waals surface area contributed by atoms with E-state index >= 15 is 0 Å². The second-order valence-electron chi connectivity index (χ2n) is 4.72. The van der Waals surface area contributed by atoms with E-state index in [4.69, 9.17) is 0 Å². The van der Waals surface area contributed by atoms with Crippen molar-refractivity contribution in [2.75, 3.05) is 0 Å². The summed E-state index contributed by atoms with van der Waals surface area (Å²) in [5.74, 6) is 0. The third-order valence-corrected chi connectivity index (χ3v) is 2.92. The molecule has 0 heteroatoms. The molecule has 0 aliphatic heterocycles. The van der Waals surface area contributed by atoms with Crippen LogP contribution in [0, 0.1) is 6.92 Å². The van der Waals surface area contributed by atoms with Crippen molar-refractivity contribution in [3.8, 4) is 0 Å². The van der Waals surface area contributed by atoms with Crippen LogP contribution in [0.2, 0.25) is 0 Å². The number of hydrogen-bond acceptors (Lipinski definition) is 0. The Labute approximate surface area is 109 Å².